The number of nitrogens with zero attached hydrogens (tertiary/aromatic N) is 2. The van der Waals surface area contributed by atoms with E-state index in [1.165, 1.54) is 0 Å². The number of carbonyl (C=O) groups excluding carboxylic acids is 1. The first-order chi connectivity index (χ1) is 10.3. The third-order valence-electron chi connectivity index (χ3n) is 2.80. The molecular weight excluding hydrogens is 280 g/mol. The lowest BCUT2D eigenvalue weighted by Crippen LogP contribution is -2.27. The summed E-state index contributed by atoms with van der Waals surface area (Å²) in [6.07, 6.45) is 3.27. The lowest BCUT2D eigenvalue weighted by atomic mass is 10.2. The number of carbonyl (C=O) groups is 1. The smallest absolute Gasteiger partial charge is 0.412 e. The van der Waals surface area contributed by atoms with Crippen LogP contribution in [0.2, 0.25) is 0 Å². The molecule has 0 aliphatic carbocycles. The van der Waals surface area contributed by atoms with E-state index in [1.807, 2.05) is 58.3 Å². The van der Waals surface area contributed by atoms with Crippen LogP contribution in [0.25, 0.3) is 0 Å². The van der Waals surface area contributed by atoms with Crippen LogP contribution in [0.1, 0.15) is 26.3 Å². The molecule has 2 rings (SSSR count). The van der Waals surface area contributed by atoms with Gasteiger partial charge < -0.3 is 10.1 Å². The van der Waals surface area contributed by atoms with Gasteiger partial charge in [-0.15, -0.1) is 0 Å². The molecule has 6 heteroatoms. The monoisotopic (exact) mass is 302 g/mol. The average molecular weight is 302 g/mol. The molecule has 0 radical (unpaired) electrons. The van der Waals surface area contributed by atoms with Gasteiger partial charge in [-0.3, -0.25) is 10.00 Å². The molecule has 2 aromatic rings. The number of hydrogen-bond acceptors (Lipinski definition) is 4. The van der Waals surface area contributed by atoms with Crippen LogP contribution in [0, 0.1) is 0 Å². The van der Waals surface area contributed by atoms with Crippen molar-refractivity contribution < 1.29 is 9.53 Å². The van der Waals surface area contributed by atoms with E-state index in [0.29, 0.717) is 12.2 Å². The van der Waals surface area contributed by atoms with Crippen LogP contribution in [0.3, 0.4) is 0 Å². The number of rotatable bonds is 4. The molecule has 118 valence electrons. The number of anilines is 2. The molecule has 1 aromatic carbocycles. The Balaban J connectivity index is 2.01. The number of aryl methyl sites for hydroxylation is 1. The molecule has 2 N–H and O–H groups in total. The zero-order chi connectivity index (χ0) is 16.2. The Kier molecular flexibility index (Phi) is 4.70. The molecule has 1 amide bonds. The van der Waals surface area contributed by atoms with E-state index in [1.54, 1.807) is 10.9 Å². The molecule has 1 heterocycles. The third-order valence-corrected chi connectivity index (χ3v) is 2.80. The summed E-state index contributed by atoms with van der Waals surface area (Å²) in [5.41, 5.74) is 2.05. The SMILES string of the molecule is Cn1cc(CNc2ccccc2NC(=O)OC(C)(C)C)cn1. The quantitative estimate of drug-likeness (QED) is 0.908. The van der Waals surface area contributed by atoms with E-state index in [9.17, 15) is 4.79 Å². The Morgan fingerprint density at radius 1 is 1.27 bits per heavy atom. The number of ether oxygens (including phenoxy) is 1. The highest BCUT2D eigenvalue weighted by molar-refractivity contribution is 5.89. The zero-order valence-corrected chi connectivity index (χ0v) is 13.4. The minimum atomic E-state index is -0.526. The summed E-state index contributed by atoms with van der Waals surface area (Å²) in [6, 6.07) is 7.51. The molecule has 0 spiro atoms. The molecule has 0 atom stereocenters. The minimum Gasteiger partial charge on any atom is -0.444 e. The normalized spacial score (nSPS) is 11.1. The van der Waals surface area contributed by atoms with Crippen molar-refractivity contribution in [2.24, 2.45) is 7.05 Å². The lowest BCUT2D eigenvalue weighted by Gasteiger charge is -2.20. The topological polar surface area (TPSA) is 68.2 Å². The minimum absolute atomic E-state index is 0.469. The summed E-state index contributed by atoms with van der Waals surface area (Å²) in [5.74, 6) is 0. The van der Waals surface area contributed by atoms with Crippen molar-refractivity contribution >= 4 is 17.5 Å². The molecule has 1 aromatic heterocycles. The van der Waals surface area contributed by atoms with Crippen LogP contribution in [0.5, 0.6) is 0 Å². The Morgan fingerprint density at radius 3 is 2.55 bits per heavy atom. The van der Waals surface area contributed by atoms with Gasteiger partial charge in [0.1, 0.15) is 5.60 Å². The summed E-state index contributed by atoms with van der Waals surface area (Å²) in [4.78, 5) is 11.9. The van der Waals surface area contributed by atoms with Gasteiger partial charge in [0.05, 0.1) is 17.6 Å². The fraction of sp³-hybridized carbons (Fsp3) is 0.375. The first-order valence-electron chi connectivity index (χ1n) is 7.14. The van der Waals surface area contributed by atoms with Crippen molar-refractivity contribution in [3.05, 3.63) is 42.2 Å². The summed E-state index contributed by atoms with van der Waals surface area (Å²) in [5, 5.41) is 10.2. The number of aromatic nitrogens is 2. The fourth-order valence-corrected chi connectivity index (χ4v) is 1.92. The maximum absolute atomic E-state index is 11.9. The van der Waals surface area contributed by atoms with E-state index in [0.717, 1.165) is 11.3 Å². The summed E-state index contributed by atoms with van der Waals surface area (Å²) < 4.78 is 7.02. The molecule has 0 aliphatic rings. The highest BCUT2D eigenvalue weighted by atomic mass is 16.6. The maximum atomic E-state index is 11.9. The fourth-order valence-electron chi connectivity index (χ4n) is 1.92. The van der Waals surface area contributed by atoms with Crippen molar-refractivity contribution in [2.75, 3.05) is 10.6 Å². The number of para-hydroxylation sites is 2. The highest BCUT2D eigenvalue weighted by Gasteiger charge is 2.17. The van der Waals surface area contributed by atoms with Crippen molar-refractivity contribution in [2.45, 2.75) is 32.9 Å². The summed E-state index contributed by atoms with van der Waals surface area (Å²) in [6.45, 7) is 6.12. The molecule has 0 unspecified atom stereocenters. The van der Waals surface area contributed by atoms with Crippen LogP contribution < -0.4 is 10.6 Å². The van der Waals surface area contributed by atoms with Crippen molar-refractivity contribution in [3.63, 3.8) is 0 Å². The van der Waals surface area contributed by atoms with Crippen LogP contribution in [0.15, 0.2) is 36.7 Å². The molecular formula is C16H22N4O2. The number of benzene rings is 1. The highest BCUT2D eigenvalue weighted by Crippen LogP contribution is 2.22. The van der Waals surface area contributed by atoms with Gasteiger partial charge in [0.15, 0.2) is 0 Å². The second-order valence-electron chi connectivity index (χ2n) is 6.05. The van der Waals surface area contributed by atoms with Crippen LogP contribution in [-0.4, -0.2) is 21.5 Å². The van der Waals surface area contributed by atoms with E-state index >= 15 is 0 Å². The van der Waals surface area contributed by atoms with Gasteiger partial charge in [-0.25, -0.2) is 4.79 Å². The Labute approximate surface area is 130 Å². The van der Waals surface area contributed by atoms with Gasteiger partial charge in [-0.05, 0) is 32.9 Å². The van der Waals surface area contributed by atoms with E-state index in [-0.39, 0.29) is 0 Å². The predicted octanol–water partition coefficient (Wildman–Crippen LogP) is 3.38. The van der Waals surface area contributed by atoms with Gasteiger partial charge in [0.2, 0.25) is 0 Å². The molecule has 0 bridgehead atoms. The Hall–Kier alpha value is -2.50. The number of hydrogen-bond donors (Lipinski definition) is 2. The molecule has 22 heavy (non-hydrogen) atoms. The van der Waals surface area contributed by atoms with Gasteiger partial charge in [-0.2, -0.15) is 5.10 Å². The van der Waals surface area contributed by atoms with E-state index in [2.05, 4.69) is 15.7 Å². The average Bonchev–Trinajstić information content (AvgIpc) is 2.81. The van der Waals surface area contributed by atoms with Crippen molar-refractivity contribution in [3.8, 4) is 0 Å². The van der Waals surface area contributed by atoms with Crippen LogP contribution in [0.4, 0.5) is 16.2 Å². The Bertz CT molecular complexity index is 644. The largest absolute Gasteiger partial charge is 0.444 e. The standard InChI is InChI=1S/C16H22N4O2/c1-16(2,3)22-15(21)19-14-8-6-5-7-13(14)17-9-12-10-18-20(4)11-12/h5-8,10-11,17H,9H2,1-4H3,(H,19,21). The first-order valence-corrected chi connectivity index (χ1v) is 7.14. The van der Waals surface area contributed by atoms with Crippen molar-refractivity contribution in [1.29, 1.82) is 0 Å². The van der Waals surface area contributed by atoms with Crippen molar-refractivity contribution in [1.82, 2.24) is 9.78 Å². The number of amides is 1. The van der Waals surface area contributed by atoms with Gasteiger partial charge in [0, 0.05) is 25.4 Å². The zero-order valence-electron chi connectivity index (χ0n) is 13.4. The molecule has 0 fully saturated rings. The molecule has 6 nitrogen and oxygen atoms in total. The molecule has 0 saturated carbocycles. The summed E-state index contributed by atoms with van der Waals surface area (Å²) >= 11 is 0. The van der Waals surface area contributed by atoms with Crippen LogP contribution >= 0.6 is 0 Å². The lowest BCUT2D eigenvalue weighted by molar-refractivity contribution is 0.0636. The van der Waals surface area contributed by atoms with E-state index < -0.39 is 11.7 Å². The second kappa shape index (κ2) is 6.51. The van der Waals surface area contributed by atoms with E-state index in [4.69, 9.17) is 4.74 Å². The second-order valence-corrected chi connectivity index (χ2v) is 6.05. The Morgan fingerprint density at radius 2 is 1.95 bits per heavy atom. The van der Waals surface area contributed by atoms with Gasteiger partial charge >= 0.3 is 6.09 Å². The molecule has 0 aliphatic heterocycles. The van der Waals surface area contributed by atoms with Gasteiger partial charge in [0.25, 0.3) is 0 Å². The predicted molar refractivity (Wildman–Crippen MR) is 86.8 cm³/mol. The van der Waals surface area contributed by atoms with Gasteiger partial charge in [-0.1, -0.05) is 12.1 Å². The molecule has 0 saturated heterocycles. The van der Waals surface area contributed by atoms with Crippen LogP contribution in [-0.2, 0) is 18.3 Å². The third kappa shape index (κ3) is 4.80. The maximum Gasteiger partial charge on any atom is 0.412 e. The first kappa shape index (κ1) is 15.9. The summed E-state index contributed by atoms with van der Waals surface area (Å²) in [7, 11) is 1.88. The number of nitrogens with one attached hydrogen (secondary N) is 2.